The van der Waals surface area contributed by atoms with Crippen molar-refractivity contribution in [2.45, 2.75) is 32.4 Å². The van der Waals surface area contributed by atoms with Gasteiger partial charge in [-0.05, 0) is 44.0 Å². The second-order valence-corrected chi connectivity index (χ2v) is 4.98. The van der Waals surface area contributed by atoms with E-state index in [1.165, 1.54) is 18.4 Å². The standard InChI is InChI=1S/C15H16N4/c1-11-13(9-17-14-4-5-14)10-18-19(11)15-6-2-12(8-16)3-7-15/h2-3,6-7,10,14,17H,4-5,9H2,1H3. The van der Waals surface area contributed by atoms with Crippen molar-refractivity contribution < 1.29 is 0 Å². The van der Waals surface area contributed by atoms with E-state index in [1.54, 1.807) is 0 Å². The summed E-state index contributed by atoms with van der Waals surface area (Å²) in [6.07, 6.45) is 4.51. The molecule has 0 atom stereocenters. The minimum Gasteiger partial charge on any atom is -0.310 e. The molecular formula is C15H16N4. The predicted octanol–water partition coefficient (Wildman–Crippen LogP) is 2.30. The Labute approximate surface area is 112 Å². The van der Waals surface area contributed by atoms with E-state index in [0.717, 1.165) is 17.9 Å². The number of rotatable bonds is 4. The first-order chi connectivity index (χ1) is 9.28. The molecule has 4 heteroatoms. The minimum atomic E-state index is 0.671. The van der Waals surface area contributed by atoms with Gasteiger partial charge < -0.3 is 5.32 Å². The van der Waals surface area contributed by atoms with Crippen molar-refractivity contribution in [2.24, 2.45) is 0 Å². The molecule has 1 aromatic heterocycles. The van der Waals surface area contributed by atoms with E-state index in [2.05, 4.69) is 23.4 Å². The van der Waals surface area contributed by atoms with Gasteiger partial charge in [0.15, 0.2) is 0 Å². The molecule has 1 aliphatic carbocycles. The van der Waals surface area contributed by atoms with Crippen molar-refractivity contribution in [3.05, 3.63) is 47.3 Å². The van der Waals surface area contributed by atoms with Gasteiger partial charge >= 0.3 is 0 Å². The predicted molar refractivity (Wildman–Crippen MR) is 72.9 cm³/mol. The molecule has 1 N–H and O–H groups in total. The van der Waals surface area contributed by atoms with Crippen LogP contribution < -0.4 is 5.32 Å². The first kappa shape index (κ1) is 11.9. The van der Waals surface area contributed by atoms with Gasteiger partial charge in [-0.3, -0.25) is 0 Å². The van der Waals surface area contributed by atoms with Gasteiger partial charge in [0.2, 0.25) is 0 Å². The maximum atomic E-state index is 8.80. The zero-order valence-electron chi connectivity index (χ0n) is 10.9. The summed E-state index contributed by atoms with van der Waals surface area (Å²) < 4.78 is 1.92. The Morgan fingerprint density at radius 3 is 2.74 bits per heavy atom. The van der Waals surface area contributed by atoms with E-state index < -0.39 is 0 Å². The molecule has 1 aliphatic rings. The van der Waals surface area contributed by atoms with Crippen LogP contribution >= 0.6 is 0 Å². The highest BCUT2D eigenvalue weighted by molar-refractivity contribution is 5.40. The lowest BCUT2D eigenvalue weighted by molar-refractivity contribution is 0.684. The number of nitrogens with one attached hydrogen (secondary N) is 1. The Morgan fingerprint density at radius 1 is 1.37 bits per heavy atom. The van der Waals surface area contributed by atoms with Crippen LogP contribution in [0, 0.1) is 18.3 Å². The Hall–Kier alpha value is -2.12. The molecule has 2 aromatic rings. The van der Waals surface area contributed by atoms with Crippen LogP contribution in [-0.2, 0) is 6.54 Å². The fourth-order valence-electron chi connectivity index (χ4n) is 2.10. The lowest BCUT2D eigenvalue weighted by Gasteiger charge is -2.06. The van der Waals surface area contributed by atoms with Gasteiger partial charge in [0, 0.05) is 23.8 Å². The van der Waals surface area contributed by atoms with Crippen LogP contribution in [0.1, 0.15) is 29.7 Å². The highest BCUT2D eigenvalue weighted by Crippen LogP contribution is 2.20. The molecular weight excluding hydrogens is 236 g/mol. The highest BCUT2D eigenvalue weighted by Gasteiger charge is 2.20. The molecule has 19 heavy (non-hydrogen) atoms. The SMILES string of the molecule is Cc1c(CNC2CC2)cnn1-c1ccc(C#N)cc1. The van der Waals surface area contributed by atoms with Crippen LogP contribution in [-0.4, -0.2) is 15.8 Å². The van der Waals surface area contributed by atoms with Gasteiger partial charge in [0.05, 0.1) is 23.5 Å². The molecule has 3 rings (SSSR count). The molecule has 1 fully saturated rings. The van der Waals surface area contributed by atoms with Gasteiger partial charge in [0.25, 0.3) is 0 Å². The highest BCUT2D eigenvalue weighted by atomic mass is 15.3. The maximum absolute atomic E-state index is 8.80. The van der Waals surface area contributed by atoms with Crippen LogP contribution in [0.15, 0.2) is 30.5 Å². The van der Waals surface area contributed by atoms with Crippen molar-refractivity contribution in [2.75, 3.05) is 0 Å². The third-order valence-corrected chi connectivity index (χ3v) is 3.51. The van der Waals surface area contributed by atoms with E-state index in [4.69, 9.17) is 5.26 Å². The lowest BCUT2D eigenvalue weighted by atomic mass is 10.2. The fourth-order valence-corrected chi connectivity index (χ4v) is 2.10. The van der Waals surface area contributed by atoms with Crippen LogP contribution in [0.3, 0.4) is 0 Å². The Morgan fingerprint density at radius 2 is 2.11 bits per heavy atom. The smallest absolute Gasteiger partial charge is 0.0991 e. The van der Waals surface area contributed by atoms with E-state index in [-0.39, 0.29) is 0 Å². The Kier molecular flexibility index (Phi) is 3.06. The molecule has 96 valence electrons. The van der Waals surface area contributed by atoms with Crippen LogP contribution in [0.25, 0.3) is 5.69 Å². The number of nitriles is 1. The van der Waals surface area contributed by atoms with Gasteiger partial charge in [-0.2, -0.15) is 10.4 Å². The zero-order chi connectivity index (χ0) is 13.2. The molecule has 4 nitrogen and oxygen atoms in total. The van der Waals surface area contributed by atoms with Gasteiger partial charge in [-0.15, -0.1) is 0 Å². The molecule has 0 spiro atoms. The van der Waals surface area contributed by atoms with Crippen molar-refractivity contribution in [3.63, 3.8) is 0 Å². The first-order valence-electron chi connectivity index (χ1n) is 6.55. The monoisotopic (exact) mass is 252 g/mol. The molecule has 0 amide bonds. The van der Waals surface area contributed by atoms with Crippen molar-refractivity contribution in [1.29, 1.82) is 5.26 Å². The minimum absolute atomic E-state index is 0.671. The summed E-state index contributed by atoms with van der Waals surface area (Å²) in [5.74, 6) is 0. The van der Waals surface area contributed by atoms with Crippen LogP contribution in [0.2, 0.25) is 0 Å². The number of nitrogens with zero attached hydrogens (tertiary/aromatic N) is 3. The van der Waals surface area contributed by atoms with Gasteiger partial charge in [-0.1, -0.05) is 0 Å². The summed E-state index contributed by atoms with van der Waals surface area (Å²) in [7, 11) is 0. The lowest BCUT2D eigenvalue weighted by Crippen LogP contribution is -2.15. The largest absolute Gasteiger partial charge is 0.310 e. The number of aromatic nitrogens is 2. The molecule has 1 saturated carbocycles. The quantitative estimate of drug-likeness (QED) is 0.908. The average Bonchev–Trinajstić information content (AvgIpc) is 3.20. The van der Waals surface area contributed by atoms with E-state index in [1.807, 2.05) is 35.1 Å². The molecule has 0 saturated heterocycles. The molecule has 1 heterocycles. The van der Waals surface area contributed by atoms with Crippen molar-refractivity contribution in [3.8, 4) is 11.8 Å². The maximum Gasteiger partial charge on any atom is 0.0991 e. The van der Waals surface area contributed by atoms with Crippen molar-refractivity contribution in [1.82, 2.24) is 15.1 Å². The number of hydrogen-bond acceptors (Lipinski definition) is 3. The topological polar surface area (TPSA) is 53.6 Å². The third kappa shape index (κ3) is 2.51. The molecule has 0 unspecified atom stereocenters. The van der Waals surface area contributed by atoms with E-state index in [9.17, 15) is 0 Å². The van der Waals surface area contributed by atoms with Crippen molar-refractivity contribution >= 4 is 0 Å². The van der Waals surface area contributed by atoms with Crippen LogP contribution in [0.5, 0.6) is 0 Å². The molecule has 0 bridgehead atoms. The third-order valence-electron chi connectivity index (χ3n) is 3.51. The average molecular weight is 252 g/mol. The van der Waals surface area contributed by atoms with Gasteiger partial charge in [0.1, 0.15) is 0 Å². The summed E-state index contributed by atoms with van der Waals surface area (Å²) in [6, 6.07) is 10.3. The number of benzene rings is 1. The Balaban J connectivity index is 1.81. The molecule has 1 aromatic carbocycles. The normalized spacial score (nSPS) is 14.3. The fraction of sp³-hybridized carbons (Fsp3) is 0.333. The van der Waals surface area contributed by atoms with E-state index >= 15 is 0 Å². The summed E-state index contributed by atoms with van der Waals surface area (Å²) >= 11 is 0. The second kappa shape index (κ2) is 4.87. The summed E-state index contributed by atoms with van der Waals surface area (Å²) in [4.78, 5) is 0. The molecule has 0 radical (unpaired) electrons. The van der Waals surface area contributed by atoms with E-state index in [0.29, 0.717) is 11.6 Å². The first-order valence-corrected chi connectivity index (χ1v) is 6.55. The number of hydrogen-bond donors (Lipinski definition) is 1. The van der Waals surface area contributed by atoms with Gasteiger partial charge in [-0.25, -0.2) is 4.68 Å². The molecule has 0 aliphatic heterocycles. The Bertz CT molecular complexity index is 615. The zero-order valence-corrected chi connectivity index (χ0v) is 10.9. The summed E-state index contributed by atoms with van der Waals surface area (Å²) in [5.41, 5.74) is 4.05. The summed E-state index contributed by atoms with van der Waals surface area (Å²) in [6.45, 7) is 2.96. The second-order valence-electron chi connectivity index (χ2n) is 4.98. The summed E-state index contributed by atoms with van der Waals surface area (Å²) in [5, 5.41) is 16.7. The van der Waals surface area contributed by atoms with Crippen LogP contribution in [0.4, 0.5) is 0 Å².